The molecule has 4 heteroatoms. The molecule has 0 aliphatic carbocycles. The van der Waals surface area contributed by atoms with Gasteiger partial charge in [-0.15, -0.1) is 0 Å². The molecule has 0 fully saturated rings. The Labute approximate surface area is 82.3 Å². The number of hydrogen-bond acceptors (Lipinski definition) is 3. The smallest absolute Gasteiger partial charge is 0.329 e. The van der Waals surface area contributed by atoms with E-state index in [2.05, 4.69) is 10.3 Å². The summed E-state index contributed by atoms with van der Waals surface area (Å²) in [7, 11) is 0. The summed E-state index contributed by atoms with van der Waals surface area (Å²) in [5.74, 6) is -0.958. The van der Waals surface area contributed by atoms with Crippen molar-refractivity contribution < 1.29 is 9.90 Å². The summed E-state index contributed by atoms with van der Waals surface area (Å²) in [4.78, 5) is 14.1. The first-order valence-corrected chi connectivity index (χ1v) is 4.22. The van der Waals surface area contributed by atoms with Crippen molar-refractivity contribution in [3.63, 3.8) is 0 Å². The summed E-state index contributed by atoms with van der Waals surface area (Å²) < 4.78 is 0. The Morgan fingerprint density at radius 1 is 1.71 bits per heavy atom. The molecule has 1 heterocycles. The number of aliphatic carboxylic acids is 1. The largest absolute Gasteiger partial charge is 0.478 e. The van der Waals surface area contributed by atoms with Crippen LogP contribution in [-0.4, -0.2) is 16.1 Å². The summed E-state index contributed by atoms with van der Waals surface area (Å²) in [5.41, 5.74) is 2.19. The van der Waals surface area contributed by atoms with Gasteiger partial charge in [0.05, 0.1) is 0 Å². The van der Waals surface area contributed by atoms with Crippen LogP contribution in [0.3, 0.4) is 0 Å². The summed E-state index contributed by atoms with van der Waals surface area (Å²) in [6, 6.07) is 1.91. The van der Waals surface area contributed by atoms with Crippen LogP contribution in [0.4, 0.5) is 0 Å². The van der Waals surface area contributed by atoms with Gasteiger partial charge < -0.3 is 10.4 Å². The van der Waals surface area contributed by atoms with Crippen molar-refractivity contribution in [2.24, 2.45) is 0 Å². The molecular formula is C10H12N2O2. The van der Waals surface area contributed by atoms with Crippen LogP contribution in [0.15, 0.2) is 30.7 Å². The second-order valence-electron chi connectivity index (χ2n) is 2.85. The molecule has 1 aromatic heterocycles. The summed E-state index contributed by atoms with van der Waals surface area (Å²) >= 11 is 0. The van der Waals surface area contributed by atoms with E-state index in [1.165, 1.54) is 6.20 Å². The van der Waals surface area contributed by atoms with Gasteiger partial charge in [-0.3, -0.25) is 4.98 Å². The maximum absolute atomic E-state index is 10.1. The van der Waals surface area contributed by atoms with Gasteiger partial charge in [0.25, 0.3) is 0 Å². The summed E-state index contributed by atoms with van der Waals surface area (Å²) in [6.45, 7) is 2.57. The monoisotopic (exact) mass is 192 g/mol. The van der Waals surface area contributed by atoms with Crippen LogP contribution in [0.2, 0.25) is 0 Å². The van der Waals surface area contributed by atoms with Gasteiger partial charge in [0.15, 0.2) is 0 Å². The van der Waals surface area contributed by atoms with Crippen LogP contribution in [0.5, 0.6) is 0 Å². The molecular weight excluding hydrogens is 180 g/mol. The van der Waals surface area contributed by atoms with Gasteiger partial charge in [-0.05, 0) is 24.1 Å². The van der Waals surface area contributed by atoms with E-state index in [9.17, 15) is 4.79 Å². The lowest BCUT2D eigenvalue weighted by atomic mass is 10.2. The highest BCUT2D eigenvalue weighted by Crippen LogP contribution is 2.03. The van der Waals surface area contributed by atoms with Crippen molar-refractivity contribution in [2.75, 3.05) is 0 Å². The fraction of sp³-hybridized carbons (Fsp3) is 0.200. The zero-order valence-electron chi connectivity index (χ0n) is 7.90. The molecule has 1 aromatic rings. The number of aromatic nitrogens is 1. The Morgan fingerprint density at radius 2 is 2.50 bits per heavy atom. The highest BCUT2D eigenvalue weighted by atomic mass is 16.4. The molecule has 0 saturated carbocycles. The van der Waals surface area contributed by atoms with Crippen LogP contribution in [0.25, 0.3) is 0 Å². The van der Waals surface area contributed by atoms with Crippen molar-refractivity contribution in [2.45, 2.75) is 13.5 Å². The zero-order valence-corrected chi connectivity index (χ0v) is 7.90. The van der Waals surface area contributed by atoms with Gasteiger partial charge in [-0.2, -0.15) is 0 Å². The molecule has 0 radical (unpaired) electrons. The lowest BCUT2D eigenvalue weighted by Gasteiger charge is -2.03. The molecule has 0 aliphatic rings. The minimum Gasteiger partial charge on any atom is -0.478 e. The Morgan fingerprint density at radius 3 is 3.14 bits per heavy atom. The van der Waals surface area contributed by atoms with Gasteiger partial charge in [0, 0.05) is 31.2 Å². The van der Waals surface area contributed by atoms with E-state index < -0.39 is 5.97 Å². The Hall–Kier alpha value is -1.84. The van der Waals surface area contributed by atoms with Crippen LogP contribution < -0.4 is 5.32 Å². The minimum atomic E-state index is -0.958. The second-order valence-corrected chi connectivity index (χ2v) is 2.85. The second kappa shape index (κ2) is 5.01. The van der Waals surface area contributed by atoms with Crippen molar-refractivity contribution >= 4 is 5.97 Å². The molecule has 0 aliphatic heterocycles. The summed E-state index contributed by atoms with van der Waals surface area (Å²) in [6.07, 6.45) is 5.96. The number of aryl methyl sites for hydroxylation is 1. The molecule has 4 nitrogen and oxygen atoms in total. The van der Waals surface area contributed by atoms with Crippen LogP contribution in [0, 0.1) is 6.92 Å². The summed E-state index contributed by atoms with van der Waals surface area (Å²) in [5, 5.41) is 11.2. The fourth-order valence-electron chi connectivity index (χ4n) is 0.981. The first kappa shape index (κ1) is 10.2. The van der Waals surface area contributed by atoms with E-state index in [1.807, 2.05) is 13.0 Å². The third kappa shape index (κ3) is 3.26. The normalized spacial score (nSPS) is 10.4. The first-order chi connectivity index (χ1) is 6.70. The maximum atomic E-state index is 10.1. The number of carbonyl (C=O) groups is 1. The van der Waals surface area contributed by atoms with Crippen LogP contribution in [-0.2, 0) is 11.3 Å². The Bertz CT molecular complexity index is 348. The number of hydrogen-bond donors (Lipinski definition) is 2. The molecule has 0 spiro atoms. The SMILES string of the molecule is Cc1ccncc1CN/C=C/C(=O)O. The van der Waals surface area contributed by atoms with E-state index in [1.54, 1.807) is 12.4 Å². The highest BCUT2D eigenvalue weighted by Gasteiger charge is 1.94. The van der Waals surface area contributed by atoms with E-state index >= 15 is 0 Å². The van der Waals surface area contributed by atoms with Crippen LogP contribution >= 0.6 is 0 Å². The number of rotatable bonds is 4. The number of pyridine rings is 1. The van der Waals surface area contributed by atoms with Crippen molar-refractivity contribution in [1.29, 1.82) is 0 Å². The highest BCUT2D eigenvalue weighted by molar-refractivity contribution is 5.79. The predicted molar refractivity (Wildman–Crippen MR) is 52.6 cm³/mol. The topological polar surface area (TPSA) is 62.2 Å². The molecule has 1 rings (SSSR count). The Balaban J connectivity index is 2.46. The van der Waals surface area contributed by atoms with Gasteiger partial charge >= 0.3 is 5.97 Å². The van der Waals surface area contributed by atoms with Crippen molar-refractivity contribution in [3.05, 3.63) is 41.9 Å². The van der Waals surface area contributed by atoms with Gasteiger partial charge in [0.1, 0.15) is 0 Å². The number of nitrogens with zero attached hydrogens (tertiary/aromatic N) is 1. The molecule has 0 atom stereocenters. The predicted octanol–water partition coefficient (Wildman–Crippen LogP) is 1.08. The Kier molecular flexibility index (Phi) is 3.67. The third-order valence-corrected chi connectivity index (χ3v) is 1.78. The molecule has 0 aromatic carbocycles. The fourth-order valence-corrected chi connectivity index (χ4v) is 0.981. The van der Waals surface area contributed by atoms with Gasteiger partial charge in [-0.25, -0.2) is 4.79 Å². The number of nitrogens with one attached hydrogen (secondary N) is 1. The van der Waals surface area contributed by atoms with Gasteiger partial charge in [-0.1, -0.05) is 0 Å². The molecule has 14 heavy (non-hydrogen) atoms. The molecule has 2 N–H and O–H groups in total. The zero-order chi connectivity index (χ0) is 10.4. The lowest BCUT2D eigenvalue weighted by molar-refractivity contribution is -0.131. The van der Waals surface area contributed by atoms with Crippen molar-refractivity contribution in [1.82, 2.24) is 10.3 Å². The average Bonchev–Trinajstić information content (AvgIpc) is 2.15. The standard InChI is InChI=1S/C10H12N2O2/c1-8-2-4-11-6-9(8)7-12-5-3-10(13)14/h2-6,12H,7H2,1H3,(H,13,14)/b5-3+. The first-order valence-electron chi connectivity index (χ1n) is 4.22. The minimum absolute atomic E-state index is 0.587. The molecule has 74 valence electrons. The van der Waals surface area contributed by atoms with E-state index in [4.69, 9.17) is 5.11 Å². The lowest BCUT2D eigenvalue weighted by Crippen LogP contribution is -2.07. The molecule has 0 unspecified atom stereocenters. The van der Waals surface area contributed by atoms with E-state index in [0.717, 1.165) is 17.2 Å². The quantitative estimate of drug-likeness (QED) is 0.701. The van der Waals surface area contributed by atoms with E-state index in [0.29, 0.717) is 6.54 Å². The van der Waals surface area contributed by atoms with Crippen LogP contribution in [0.1, 0.15) is 11.1 Å². The average molecular weight is 192 g/mol. The molecule has 0 amide bonds. The third-order valence-electron chi connectivity index (χ3n) is 1.78. The molecule has 0 saturated heterocycles. The van der Waals surface area contributed by atoms with E-state index in [-0.39, 0.29) is 0 Å². The molecule has 0 bridgehead atoms. The number of carboxylic acid groups (broad SMARTS) is 1. The van der Waals surface area contributed by atoms with Gasteiger partial charge in [0.2, 0.25) is 0 Å². The van der Waals surface area contributed by atoms with Crippen molar-refractivity contribution in [3.8, 4) is 0 Å². The number of carboxylic acids is 1. The maximum Gasteiger partial charge on any atom is 0.329 e.